The molecule has 96 valence electrons. The summed E-state index contributed by atoms with van der Waals surface area (Å²) in [6.45, 7) is 5.20. The number of nitrogens with zero attached hydrogens (tertiary/aromatic N) is 1. The van der Waals surface area contributed by atoms with Crippen LogP contribution in [0.1, 0.15) is 33.1 Å². The second-order valence-corrected chi connectivity index (χ2v) is 5.07. The second-order valence-electron chi connectivity index (χ2n) is 5.07. The lowest BCUT2D eigenvalue weighted by atomic mass is 9.76. The van der Waals surface area contributed by atoms with Crippen molar-refractivity contribution in [1.82, 2.24) is 5.32 Å². The smallest absolute Gasteiger partial charge is 0.308 e. The number of ether oxygens (including phenoxy) is 1. The Morgan fingerprint density at radius 1 is 1.53 bits per heavy atom. The van der Waals surface area contributed by atoms with E-state index in [1.807, 2.05) is 0 Å². The van der Waals surface area contributed by atoms with Crippen LogP contribution in [-0.2, 0) is 9.53 Å². The van der Waals surface area contributed by atoms with Gasteiger partial charge in [0.25, 0.3) is 0 Å². The Morgan fingerprint density at radius 3 is 2.94 bits per heavy atom. The maximum absolute atomic E-state index is 11.6. The maximum atomic E-state index is 11.6. The van der Waals surface area contributed by atoms with Crippen molar-refractivity contribution in [3.05, 3.63) is 0 Å². The normalized spacial score (nSPS) is 36.3. The van der Waals surface area contributed by atoms with Gasteiger partial charge in [-0.3, -0.25) is 9.79 Å². The summed E-state index contributed by atoms with van der Waals surface area (Å²) in [4.78, 5) is 16.3. The van der Waals surface area contributed by atoms with E-state index in [9.17, 15) is 4.79 Å². The van der Waals surface area contributed by atoms with Crippen LogP contribution in [0.3, 0.4) is 0 Å². The summed E-state index contributed by atoms with van der Waals surface area (Å²) in [6, 6.07) is 0.737. The number of nitrogens with one attached hydrogen (secondary N) is 1. The van der Waals surface area contributed by atoms with Gasteiger partial charge in [-0.2, -0.15) is 0 Å². The molecule has 0 aromatic carbocycles. The predicted octanol–water partition coefficient (Wildman–Crippen LogP) is 1.40. The summed E-state index contributed by atoms with van der Waals surface area (Å²) in [6.07, 6.45) is 2.87. The van der Waals surface area contributed by atoms with Crippen LogP contribution in [0.5, 0.6) is 0 Å². The molecule has 0 amide bonds. The molecule has 0 aromatic rings. The minimum absolute atomic E-state index is 0.0539. The van der Waals surface area contributed by atoms with Gasteiger partial charge in [0.1, 0.15) is 0 Å². The predicted molar refractivity (Wildman–Crippen MR) is 67.2 cm³/mol. The van der Waals surface area contributed by atoms with Crippen LogP contribution >= 0.6 is 0 Å². The zero-order valence-electron chi connectivity index (χ0n) is 10.9. The molecule has 2 rings (SSSR count). The lowest BCUT2D eigenvalue weighted by Gasteiger charge is -2.32. The quantitative estimate of drug-likeness (QED) is 0.756. The fourth-order valence-electron chi connectivity index (χ4n) is 3.26. The Kier molecular flexibility index (Phi) is 3.82. The maximum Gasteiger partial charge on any atom is 0.308 e. The first kappa shape index (κ1) is 12.6. The highest BCUT2D eigenvalue weighted by Crippen LogP contribution is 2.37. The van der Waals surface area contributed by atoms with Crippen LogP contribution in [0.4, 0.5) is 0 Å². The van der Waals surface area contributed by atoms with Gasteiger partial charge in [-0.15, -0.1) is 0 Å². The van der Waals surface area contributed by atoms with E-state index >= 15 is 0 Å². The van der Waals surface area contributed by atoms with Gasteiger partial charge in [0.05, 0.1) is 19.1 Å². The zero-order valence-corrected chi connectivity index (χ0v) is 10.9. The number of esters is 1. The molecular formula is C13H22N2O2. The molecule has 4 nitrogen and oxygen atoms in total. The van der Waals surface area contributed by atoms with E-state index in [0.29, 0.717) is 18.0 Å². The van der Waals surface area contributed by atoms with Gasteiger partial charge >= 0.3 is 5.97 Å². The number of hydrogen-bond acceptors (Lipinski definition) is 4. The van der Waals surface area contributed by atoms with Crippen molar-refractivity contribution in [2.45, 2.75) is 45.2 Å². The molecular weight excluding hydrogens is 216 g/mol. The SMILES string of the molecule is CCN[C@@H]1C(C)=N[C@@H]2C[C@H](C(=O)OC)CC[C@@H]12. The van der Waals surface area contributed by atoms with Crippen LogP contribution < -0.4 is 5.32 Å². The third-order valence-corrected chi connectivity index (χ3v) is 4.07. The summed E-state index contributed by atoms with van der Waals surface area (Å²) in [5, 5.41) is 3.50. The standard InChI is InChI=1S/C13H22N2O2/c1-4-14-12-8(2)15-11-7-9(13(16)17-3)5-6-10(11)12/h9-12,14H,4-7H2,1-3H3/t9-,10-,11-,12-/m1/s1. The first-order valence-corrected chi connectivity index (χ1v) is 6.52. The van der Waals surface area contributed by atoms with Crippen molar-refractivity contribution in [3.63, 3.8) is 0 Å². The minimum atomic E-state index is -0.0665. The molecule has 0 spiro atoms. The fourth-order valence-corrected chi connectivity index (χ4v) is 3.26. The minimum Gasteiger partial charge on any atom is -0.469 e. The van der Waals surface area contributed by atoms with Gasteiger partial charge in [0, 0.05) is 17.7 Å². The monoisotopic (exact) mass is 238 g/mol. The molecule has 17 heavy (non-hydrogen) atoms. The number of fused-ring (bicyclic) bond motifs is 1. The van der Waals surface area contributed by atoms with Gasteiger partial charge in [-0.05, 0) is 32.7 Å². The molecule has 1 aliphatic carbocycles. The number of carbonyl (C=O) groups excluding carboxylic acids is 1. The largest absolute Gasteiger partial charge is 0.469 e. The highest BCUT2D eigenvalue weighted by Gasteiger charge is 2.42. The molecule has 1 fully saturated rings. The van der Waals surface area contributed by atoms with Gasteiger partial charge in [0.2, 0.25) is 0 Å². The Balaban J connectivity index is 2.02. The zero-order chi connectivity index (χ0) is 12.4. The summed E-state index contributed by atoms with van der Waals surface area (Å²) in [5.74, 6) is 0.567. The molecule has 1 aliphatic heterocycles. The van der Waals surface area contributed by atoms with Crippen molar-refractivity contribution in [2.75, 3.05) is 13.7 Å². The van der Waals surface area contributed by atoms with Crippen LogP contribution in [0.25, 0.3) is 0 Å². The van der Waals surface area contributed by atoms with E-state index in [1.165, 1.54) is 12.8 Å². The molecule has 1 N–H and O–H groups in total. The lowest BCUT2D eigenvalue weighted by Crippen LogP contribution is -2.43. The van der Waals surface area contributed by atoms with Crippen LogP contribution in [0.2, 0.25) is 0 Å². The molecule has 4 heteroatoms. The number of hydrogen-bond donors (Lipinski definition) is 1. The number of methoxy groups -OCH3 is 1. The number of aliphatic imine (C=N–C) groups is 1. The van der Waals surface area contributed by atoms with E-state index in [4.69, 9.17) is 9.73 Å². The van der Waals surface area contributed by atoms with E-state index in [1.54, 1.807) is 0 Å². The number of rotatable bonds is 3. The summed E-state index contributed by atoms with van der Waals surface area (Å²) < 4.78 is 4.84. The average Bonchev–Trinajstić information content (AvgIpc) is 2.64. The van der Waals surface area contributed by atoms with Crippen molar-refractivity contribution in [3.8, 4) is 0 Å². The van der Waals surface area contributed by atoms with Crippen molar-refractivity contribution in [2.24, 2.45) is 16.8 Å². The Labute approximate surface area is 103 Å². The summed E-state index contributed by atoms with van der Waals surface area (Å²) in [5.41, 5.74) is 1.20. The van der Waals surface area contributed by atoms with Gasteiger partial charge < -0.3 is 10.1 Å². The lowest BCUT2D eigenvalue weighted by molar-refractivity contribution is -0.147. The molecule has 4 atom stereocenters. The Hall–Kier alpha value is -0.900. The average molecular weight is 238 g/mol. The van der Waals surface area contributed by atoms with E-state index in [2.05, 4.69) is 19.2 Å². The summed E-state index contributed by atoms with van der Waals surface area (Å²) in [7, 11) is 1.47. The first-order valence-electron chi connectivity index (χ1n) is 6.52. The molecule has 0 saturated heterocycles. The third-order valence-electron chi connectivity index (χ3n) is 4.07. The second kappa shape index (κ2) is 5.17. The van der Waals surface area contributed by atoms with Crippen molar-refractivity contribution in [1.29, 1.82) is 0 Å². The van der Waals surface area contributed by atoms with Gasteiger partial charge in [-0.25, -0.2) is 0 Å². The molecule has 0 unspecified atom stereocenters. The summed E-state index contributed by atoms with van der Waals surface area (Å²) >= 11 is 0. The molecule has 0 bridgehead atoms. The number of carbonyl (C=O) groups is 1. The van der Waals surface area contributed by atoms with E-state index < -0.39 is 0 Å². The topological polar surface area (TPSA) is 50.7 Å². The highest BCUT2D eigenvalue weighted by molar-refractivity contribution is 5.89. The van der Waals surface area contributed by atoms with Gasteiger partial charge in [-0.1, -0.05) is 6.92 Å². The molecule has 2 aliphatic rings. The third kappa shape index (κ3) is 2.37. The Morgan fingerprint density at radius 2 is 2.29 bits per heavy atom. The van der Waals surface area contributed by atoms with Crippen molar-refractivity contribution >= 4 is 11.7 Å². The van der Waals surface area contributed by atoms with E-state index in [0.717, 1.165) is 25.8 Å². The molecule has 1 heterocycles. The molecule has 1 saturated carbocycles. The highest BCUT2D eigenvalue weighted by atomic mass is 16.5. The molecule has 0 radical (unpaired) electrons. The van der Waals surface area contributed by atoms with Crippen LogP contribution in [0, 0.1) is 11.8 Å². The fraction of sp³-hybridized carbons (Fsp3) is 0.846. The van der Waals surface area contributed by atoms with E-state index in [-0.39, 0.29) is 11.9 Å². The first-order chi connectivity index (χ1) is 8.17. The Bertz CT molecular complexity index is 327. The van der Waals surface area contributed by atoms with Gasteiger partial charge in [0.15, 0.2) is 0 Å². The van der Waals surface area contributed by atoms with Crippen LogP contribution in [0.15, 0.2) is 4.99 Å². The molecule has 0 aromatic heterocycles. The van der Waals surface area contributed by atoms with Crippen molar-refractivity contribution < 1.29 is 9.53 Å². The van der Waals surface area contributed by atoms with Crippen LogP contribution in [-0.4, -0.2) is 37.4 Å².